The SMILES string of the molecule is COc1c(C)[nH]c2c(c1=O)[C@H](CCCCCc1ccccc1)CCC2. The quantitative estimate of drug-likeness (QED) is 0.728. The van der Waals surface area contributed by atoms with Gasteiger partial charge in [-0.15, -0.1) is 0 Å². The summed E-state index contributed by atoms with van der Waals surface area (Å²) in [5, 5.41) is 0. The van der Waals surface area contributed by atoms with Crippen LogP contribution >= 0.6 is 0 Å². The van der Waals surface area contributed by atoms with Crippen molar-refractivity contribution in [3.8, 4) is 5.75 Å². The van der Waals surface area contributed by atoms with Crippen molar-refractivity contribution in [1.82, 2.24) is 4.98 Å². The summed E-state index contributed by atoms with van der Waals surface area (Å²) in [6.07, 6.45) is 9.17. The van der Waals surface area contributed by atoms with E-state index in [1.807, 2.05) is 6.92 Å². The molecule has 25 heavy (non-hydrogen) atoms. The molecular weight excluding hydrogens is 310 g/mol. The lowest BCUT2D eigenvalue weighted by molar-refractivity contribution is 0.398. The van der Waals surface area contributed by atoms with Gasteiger partial charge in [0.15, 0.2) is 5.75 Å². The molecule has 1 aliphatic rings. The number of pyridine rings is 1. The number of rotatable bonds is 7. The summed E-state index contributed by atoms with van der Waals surface area (Å²) < 4.78 is 5.34. The van der Waals surface area contributed by atoms with E-state index in [4.69, 9.17) is 4.74 Å². The third kappa shape index (κ3) is 4.15. The summed E-state index contributed by atoms with van der Waals surface area (Å²) in [5.41, 5.74) is 4.53. The summed E-state index contributed by atoms with van der Waals surface area (Å²) in [6.45, 7) is 1.92. The van der Waals surface area contributed by atoms with Crippen LogP contribution in [0.1, 0.15) is 67.0 Å². The molecule has 1 atom stereocenters. The maximum Gasteiger partial charge on any atom is 0.227 e. The smallest absolute Gasteiger partial charge is 0.227 e. The highest BCUT2D eigenvalue weighted by atomic mass is 16.5. The normalized spacial score (nSPS) is 16.5. The van der Waals surface area contributed by atoms with E-state index in [2.05, 4.69) is 35.3 Å². The first-order chi connectivity index (χ1) is 12.2. The zero-order valence-corrected chi connectivity index (χ0v) is 15.4. The number of methoxy groups -OCH3 is 1. The Balaban J connectivity index is 1.59. The lowest BCUT2D eigenvalue weighted by atomic mass is 9.81. The number of fused-ring (bicyclic) bond motifs is 1. The molecule has 1 aromatic carbocycles. The number of ether oxygens (including phenoxy) is 1. The first kappa shape index (κ1) is 17.8. The van der Waals surface area contributed by atoms with Crippen LogP contribution in [0.3, 0.4) is 0 Å². The average Bonchev–Trinajstić information content (AvgIpc) is 2.62. The third-order valence-electron chi connectivity index (χ3n) is 5.41. The molecule has 134 valence electrons. The maximum atomic E-state index is 12.8. The molecule has 1 N–H and O–H groups in total. The van der Waals surface area contributed by atoms with Crippen LogP contribution in [-0.2, 0) is 12.8 Å². The van der Waals surface area contributed by atoms with E-state index in [-0.39, 0.29) is 5.43 Å². The molecule has 3 rings (SSSR count). The van der Waals surface area contributed by atoms with Crippen molar-refractivity contribution in [3.63, 3.8) is 0 Å². The lowest BCUT2D eigenvalue weighted by Crippen LogP contribution is -2.24. The van der Waals surface area contributed by atoms with E-state index in [0.717, 1.165) is 42.6 Å². The molecule has 2 aromatic rings. The Bertz CT molecular complexity index is 749. The van der Waals surface area contributed by atoms with Crippen molar-refractivity contribution in [2.75, 3.05) is 7.11 Å². The molecule has 3 nitrogen and oxygen atoms in total. The zero-order valence-electron chi connectivity index (χ0n) is 15.4. The van der Waals surface area contributed by atoms with Gasteiger partial charge in [-0.3, -0.25) is 4.79 Å². The molecule has 0 spiro atoms. The standard InChI is InChI=1S/C22H29NO2/c1-16-22(25-2)21(24)20-18(14-9-15-19(20)23-16)13-8-4-7-12-17-10-5-3-6-11-17/h3,5-6,10-11,18H,4,7-9,12-15H2,1-2H3,(H,23,24)/t18-/m1/s1. The largest absolute Gasteiger partial charge is 0.491 e. The van der Waals surface area contributed by atoms with Gasteiger partial charge in [0.05, 0.1) is 12.8 Å². The number of hydrogen-bond acceptors (Lipinski definition) is 2. The van der Waals surface area contributed by atoms with Crippen LogP contribution in [0.15, 0.2) is 35.1 Å². The number of H-pyrrole nitrogens is 1. The fourth-order valence-electron chi connectivity index (χ4n) is 4.15. The van der Waals surface area contributed by atoms with Crippen LogP contribution in [0.4, 0.5) is 0 Å². The predicted octanol–water partition coefficient (Wildman–Crippen LogP) is 4.91. The topological polar surface area (TPSA) is 42.1 Å². The van der Waals surface area contributed by atoms with Gasteiger partial charge in [-0.2, -0.15) is 0 Å². The van der Waals surface area contributed by atoms with Gasteiger partial charge in [-0.05, 0) is 56.9 Å². The Morgan fingerprint density at radius 1 is 1.16 bits per heavy atom. The molecule has 0 saturated carbocycles. The second-order valence-electron chi connectivity index (χ2n) is 7.18. The van der Waals surface area contributed by atoms with E-state index < -0.39 is 0 Å². The number of nitrogens with one attached hydrogen (secondary N) is 1. The Kier molecular flexibility index (Phi) is 5.95. The highest BCUT2D eigenvalue weighted by molar-refractivity contribution is 5.38. The van der Waals surface area contributed by atoms with E-state index in [1.54, 1.807) is 7.11 Å². The predicted molar refractivity (Wildman–Crippen MR) is 103 cm³/mol. The molecule has 0 unspecified atom stereocenters. The number of aromatic nitrogens is 1. The van der Waals surface area contributed by atoms with Crippen LogP contribution < -0.4 is 10.2 Å². The molecule has 1 aromatic heterocycles. The van der Waals surface area contributed by atoms with Gasteiger partial charge >= 0.3 is 0 Å². The van der Waals surface area contributed by atoms with E-state index in [1.165, 1.54) is 31.2 Å². The number of hydrogen-bond donors (Lipinski definition) is 1. The molecule has 3 heteroatoms. The Labute approximate surface area is 150 Å². The highest BCUT2D eigenvalue weighted by Gasteiger charge is 2.26. The average molecular weight is 339 g/mol. The summed E-state index contributed by atoms with van der Waals surface area (Å²) in [7, 11) is 1.59. The summed E-state index contributed by atoms with van der Waals surface area (Å²) in [6, 6.07) is 10.7. The maximum absolute atomic E-state index is 12.8. The minimum atomic E-state index is 0.114. The minimum absolute atomic E-state index is 0.114. The molecule has 0 bridgehead atoms. The van der Waals surface area contributed by atoms with Gasteiger partial charge in [0.1, 0.15) is 0 Å². The van der Waals surface area contributed by atoms with Gasteiger partial charge in [0.25, 0.3) is 0 Å². The van der Waals surface area contributed by atoms with Crippen molar-refractivity contribution in [2.45, 2.75) is 64.2 Å². The molecular formula is C22H29NO2. The van der Waals surface area contributed by atoms with E-state index in [9.17, 15) is 4.79 Å². The van der Waals surface area contributed by atoms with Gasteiger partial charge in [-0.1, -0.05) is 43.2 Å². The summed E-state index contributed by atoms with van der Waals surface area (Å²) in [4.78, 5) is 16.2. The Morgan fingerprint density at radius 2 is 1.96 bits per heavy atom. The van der Waals surface area contributed by atoms with E-state index >= 15 is 0 Å². The molecule has 0 saturated heterocycles. The Morgan fingerprint density at radius 3 is 2.72 bits per heavy atom. The first-order valence-corrected chi connectivity index (χ1v) is 9.54. The van der Waals surface area contributed by atoms with Crippen molar-refractivity contribution in [1.29, 1.82) is 0 Å². The Hall–Kier alpha value is -2.03. The molecule has 0 radical (unpaired) electrons. The van der Waals surface area contributed by atoms with E-state index in [0.29, 0.717) is 11.7 Å². The second kappa shape index (κ2) is 8.37. The third-order valence-corrected chi connectivity index (χ3v) is 5.41. The van der Waals surface area contributed by atoms with Crippen LogP contribution in [0.5, 0.6) is 5.75 Å². The van der Waals surface area contributed by atoms with Crippen LogP contribution in [0.25, 0.3) is 0 Å². The van der Waals surface area contributed by atoms with Gasteiger partial charge in [-0.25, -0.2) is 0 Å². The van der Waals surface area contributed by atoms with Crippen LogP contribution in [0, 0.1) is 6.92 Å². The molecule has 0 amide bonds. The summed E-state index contributed by atoms with van der Waals surface area (Å²) in [5.74, 6) is 0.883. The van der Waals surface area contributed by atoms with Crippen molar-refractivity contribution in [3.05, 3.63) is 63.1 Å². The summed E-state index contributed by atoms with van der Waals surface area (Å²) >= 11 is 0. The monoisotopic (exact) mass is 339 g/mol. The van der Waals surface area contributed by atoms with Crippen LogP contribution in [0.2, 0.25) is 0 Å². The molecule has 1 heterocycles. The highest BCUT2D eigenvalue weighted by Crippen LogP contribution is 2.34. The van der Waals surface area contributed by atoms with Gasteiger partial charge in [0, 0.05) is 11.3 Å². The van der Waals surface area contributed by atoms with Crippen molar-refractivity contribution in [2.24, 2.45) is 0 Å². The number of aromatic amines is 1. The first-order valence-electron chi connectivity index (χ1n) is 9.54. The van der Waals surface area contributed by atoms with Gasteiger partial charge < -0.3 is 9.72 Å². The van der Waals surface area contributed by atoms with Crippen molar-refractivity contribution >= 4 is 0 Å². The van der Waals surface area contributed by atoms with Crippen molar-refractivity contribution < 1.29 is 4.74 Å². The molecule has 0 fully saturated rings. The lowest BCUT2D eigenvalue weighted by Gasteiger charge is -2.26. The molecule has 0 aliphatic heterocycles. The number of benzene rings is 1. The number of aryl methyl sites for hydroxylation is 3. The number of unbranched alkanes of at least 4 members (excludes halogenated alkanes) is 2. The zero-order chi connectivity index (χ0) is 17.6. The second-order valence-corrected chi connectivity index (χ2v) is 7.18. The fraction of sp³-hybridized carbons (Fsp3) is 0.500. The van der Waals surface area contributed by atoms with Gasteiger partial charge in [0.2, 0.25) is 5.43 Å². The minimum Gasteiger partial charge on any atom is -0.491 e. The fourth-order valence-corrected chi connectivity index (χ4v) is 4.15. The molecule has 1 aliphatic carbocycles. The van der Waals surface area contributed by atoms with Crippen LogP contribution in [-0.4, -0.2) is 12.1 Å².